The predicted octanol–water partition coefficient (Wildman–Crippen LogP) is 2.99. The Kier molecular flexibility index (Phi) is 4.56. The van der Waals surface area contributed by atoms with Crippen LogP contribution in [0.5, 0.6) is 0 Å². The maximum atomic E-state index is 12.9. The summed E-state index contributed by atoms with van der Waals surface area (Å²) in [7, 11) is 0.218. The summed E-state index contributed by atoms with van der Waals surface area (Å²) in [6.45, 7) is 0. The Hall–Kier alpha value is -1.13. The molecule has 0 saturated heterocycles. The first-order valence-corrected chi connectivity index (χ1v) is 4.10. The number of nitrogens with zero attached hydrogens (tertiary/aromatic N) is 1. The van der Waals surface area contributed by atoms with E-state index in [0.29, 0.717) is 7.05 Å². The maximum absolute atomic E-state index is 12.9. The van der Waals surface area contributed by atoms with Crippen molar-refractivity contribution in [1.29, 1.82) is 0 Å². The topological polar surface area (TPSA) is 15.3 Å². The van der Waals surface area contributed by atoms with Crippen molar-refractivity contribution >= 4 is 0 Å². The second-order valence-corrected chi connectivity index (χ2v) is 3.03. The normalized spacial score (nSPS) is 15.5. The molecule has 0 aliphatic carbocycles. The van der Waals surface area contributed by atoms with Gasteiger partial charge in [0, 0.05) is 7.05 Å². The molecule has 0 spiro atoms. The fourth-order valence-electron chi connectivity index (χ4n) is 0.748. The number of halogens is 9. The highest BCUT2D eigenvalue weighted by molar-refractivity contribution is 5.07. The zero-order valence-corrected chi connectivity index (χ0v) is 8.85. The minimum absolute atomic E-state index is 0.147. The molecule has 0 rings (SSSR count). The van der Waals surface area contributed by atoms with Gasteiger partial charge in [0.25, 0.3) is 5.83 Å². The van der Waals surface area contributed by atoms with E-state index in [-0.39, 0.29) is 7.05 Å². The third kappa shape index (κ3) is 3.00. The Labute approximate surface area is 95.0 Å². The largest absolute Gasteiger partial charge is 0.447 e. The van der Waals surface area contributed by atoms with Gasteiger partial charge in [0.2, 0.25) is 5.95 Å². The van der Waals surface area contributed by atoms with Crippen molar-refractivity contribution < 1.29 is 39.5 Å². The molecule has 0 saturated carbocycles. The molecule has 0 radical (unpaired) electrons. The van der Waals surface area contributed by atoms with Crippen LogP contribution in [0.2, 0.25) is 0 Å². The van der Waals surface area contributed by atoms with Crippen molar-refractivity contribution in [2.75, 3.05) is 14.1 Å². The third-order valence-corrected chi connectivity index (χ3v) is 1.84. The molecule has 0 aromatic carbocycles. The molecule has 2 nitrogen and oxygen atoms in total. The summed E-state index contributed by atoms with van der Waals surface area (Å²) in [6, 6.07) is -10.5. The first kappa shape index (κ1) is 16.9. The van der Waals surface area contributed by atoms with Gasteiger partial charge in [-0.1, -0.05) is 0 Å². The lowest BCUT2D eigenvalue weighted by atomic mass is 10.4. The van der Waals surface area contributed by atoms with Gasteiger partial charge in [0.1, 0.15) is 0 Å². The number of hydrogen-bond donors (Lipinski definition) is 1. The van der Waals surface area contributed by atoms with E-state index >= 15 is 0 Å². The lowest BCUT2D eigenvalue weighted by Gasteiger charge is -2.33. The van der Waals surface area contributed by atoms with Crippen molar-refractivity contribution in [2.24, 2.45) is 0 Å². The van der Waals surface area contributed by atoms with Gasteiger partial charge in [0.05, 0.1) is 0 Å². The van der Waals surface area contributed by atoms with Gasteiger partial charge in [-0.15, -0.1) is 0 Å². The Bertz CT molecular complexity index is 332. The van der Waals surface area contributed by atoms with Gasteiger partial charge < -0.3 is 0 Å². The standard InChI is InChI=1S/C7H7F9N2/c1-17-6(13,14)7(15,16)18(2)4(9)3(8)5(10,11)12/h17H,1-2H3/b4-3-. The Morgan fingerprint density at radius 2 is 1.33 bits per heavy atom. The summed E-state index contributed by atoms with van der Waals surface area (Å²) in [6.07, 6.45) is -5.90. The van der Waals surface area contributed by atoms with Gasteiger partial charge in [-0.2, -0.15) is 39.5 Å². The van der Waals surface area contributed by atoms with Crippen LogP contribution < -0.4 is 5.32 Å². The minimum atomic E-state index is -5.90. The van der Waals surface area contributed by atoms with Crippen LogP contribution in [0.4, 0.5) is 39.5 Å². The van der Waals surface area contributed by atoms with Crippen LogP contribution in [0.3, 0.4) is 0 Å². The molecule has 1 N–H and O–H groups in total. The lowest BCUT2D eigenvalue weighted by molar-refractivity contribution is -0.287. The highest BCUT2D eigenvalue weighted by Crippen LogP contribution is 2.39. The monoisotopic (exact) mass is 290 g/mol. The molecular formula is C7H7F9N2. The van der Waals surface area contributed by atoms with Gasteiger partial charge in [-0.3, -0.25) is 10.2 Å². The Morgan fingerprint density at radius 1 is 0.944 bits per heavy atom. The first-order chi connectivity index (χ1) is 7.79. The van der Waals surface area contributed by atoms with Crippen LogP contribution in [-0.2, 0) is 0 Å². The molecule has 0 bridgehead atoms. The van der Waals surface area contributed by atoms with Crippen molar-refractivity contribution in [3.05, 3.63) is 11.8 Å². The van der Waals surface area contributed by atoms with Gasteiger partial charge in [-0.25, -0.2) is 0 Å². The second kappa shape index (κ2) is 4.86. The third-order valence-electron chi connectivity index (χ3n) is 1.84. The molecular weight excluding hydrogens is 283 g/mol. The first-order valence-electron chi connectivity index (χ1n) is 4.10. The Morgan fingerprint density at radius 3 is 1.61 bits per heavy atom. The molecule has 0 heterocycles. The van der Waals surface area contributed by atoms with Crippen molar-refractivity contribution in [1.82, 2.24) is 10.2 Å². The number of rotatable bonds is 4. The Balaban J connectivity index is 5.49. The molecule has 0 aromatic heterocycles. The van der Waals surface area contributed by atoms with Crippen LogP contribution in [0.25, 0.3) is 0 Å². The summed E-state index contributed by atoms with van der Waals surface area (Å²) in [5.74, 6) is -6.68. The van der Waals surface area contributed by atoms with E-state index in [0.717, 1.165) is 5.32 Å². The van der Waals surface area contributed by atoms with E-state index in [1.165, 1.54) is 0 Å². The highest BCUT2D eigenvalue weighted by Gasteiger charge is 2.60. The summed E-state index contributed by atoms with van der Waals surface area (Å²) >= 11 is 0. The molecule has 0 fully saturated rings. The van der Waals surface area contributed by atoms with Crippen LogP contribution in [0, 0.1) is 0 Å². The average Bonchev–Trinajstić information content (AvgIpc) is 2.24. The van der Waals surface area contributed by atoms with Crippen LogP contribution in [0.1, 0.15) is 0 Å². The van der Waals surface area contributed by atoms with E-state index in [2.05, 4.69) is 0 Å². The zero-order chi connectivity index (χ0) is 14.9. The van der Waals surface area contributed by atoms with Crippen LogP contribution in [0.15, 0.2) is 11.8 Å². The van der Waals surface area contributed by atoms with E-state index in [4.69, 9.17) is 0 Å². The zero-order valence-electron chi connectivity index (χ0n) is 8.85. The van der Waals surface area contributed by atoms with E-state index in [9.17, 15) is 39.5 Å². The number of hydrogen-bond acceptors (Lipinski definition) is 2. The predicted molar refractivity (Wildman–Crippen MR) is 42.0 cm³/mol. The lowest BCUT2D eigenvalue weighted by Crippen LogP contribution is -2.58. The quantitative estimate of drug-likeness (QED) is 0.632. The summed E-state index contributed by atoms with van der Waals surface area (Å²) in [5, 5.41) is 0.777. The molecule has 0 atom stereocenters. The summed E-state index contributed by atoms with van der Waals surface area (Å²) in [4.78, 5) is -1.44. The smallest absolute Gasteiger partial charge is 0.284 e. The molecule has 11 heteroatoms. The fourth-order valence-corrected chi connectivity index (χ4v) is 0.748. The minimum Gasteiger partial charge on any atom is -0.284 e. The van der Waals surface area contributed by atoms with Crippen molar-refractivity contribution in [3.63, 3.8) is 0 Å². The molecule has 0 aliphatic rings. The van der Waals surface area contributed by atoms with Gasteiger partial charge in [-0.05, 0) is 7.05 Å². The van der Waals surface area contributed by atoms with E-state index in [1.54, 1.807) is 0 Å². The SMILES string of the molecule is CNC(F)(F)C(F)(F)N(C)/C(F)=C(\F)C(F)(F)F. The second-order valence-electron chi connectivity index (χ2n) is 3.03. The van der Waals surface area contributed by atoms with Crippen molar-refractivity contribution in [2.45, 2.75) is 18.3 Å². The molecule has 0 aromatic rings. The molecule has 0 aliphatic heterocycles. The molecule has 0 amide bonds. The number of alkyl halides is 7. The summed E-state index contributed by atoms with van der Waals surface area (Å²) in [5.41, 5.74) is 0. The number of likely N-dealkylation sites (N-methyl/N-ethyl adjacent to an activating group) is 2. The number of allylic oxidation sites excluding steroid dienone is 1. The van der Waals surface area contributed by atoms with Gasteiger partial charge >= 0.3 is 18.3 Å². The van der Waals surface area contributed by atoms with Crippen molar-refractivity contribution in [3.8, 4) is 0 Å². The van der Waals surface area contributed by atoms with E-state index in [1.807, 2.05) is 0 Å². The number of nitrogens with one attached hydrogen (secondary N) is 1. The maximum Gasteiger partial charge on any atom is 0.447 e. The molecule has 0 unspecified atom stereocenters. The van der Waals surface area contributed by atoms with Crippen LogP contribution >= 0.6 is 0 Å². The summed E-state index contributed by atoms with van der Waals surface area (Å²) < 4.78 is 111. The van der Waals surface area contributed by atoms with Crippen LogP contribution in [-0.4, -0.2) is 37.3 Å². The molecule has 108 valence electrons. The average molecular weight is 290 g/mol. The highest BCUT2D eigenvalue weighted by atomic mass is 19.4. The molecule has 18 heavy (non-hydrogen) atoms. The van der Waals surface area contributed by atoms with Gasteiger partial charge in [0.15, 0.2) is 0 Å². The van der Waals surface area contributed by atoms with E-state index < -0.39 is 34.9 Å². The fraction of sp³-hybridized carbons (Fsp3) is 0.714.